The molecule has 1 heterocycles. The molecule has 0 radical (unpaired) electrons. The summed E-state index contributed by atoms with van der Waals surface area (Å²) in [6, 6.07) is 0.222. The highest BCUT2D eigenvalue weighted by molar-refractivity contribution is 5.92. The van der Waals surface area contributed by atoms with Crippen LogP contribution in [0.15, 0.2) is 12.4 Å². The summed E-state index contributed by atoms with van der Waals surface area (Å²) in [4.78, 5) is 22.7. The number of carbonyl (C=O) groups excluding carboxylic acids is 1. The molecule has 1 fully saturated rings. The Bertz CT molecular complexity index is 447. The fourth-order valence-corrected chi connectivity index (χ4v) is 2.66. The summed E-state index contributed by atoms with van der Waals surface area (Å²) in [6.45, 7) is 3.03. The molecule has 6 heteroatoms. The molecule has 0 saturated heterocycles. The highest BCUT2D eigenvalue weighted by Gasteiger charge is 2.27. The second kappa shape index (κ2) is 7.19. The van der Waals surface area contributed by atoms with E-state index in [1.54, 1.807) is 11.1 Å². The number of hydrogen-bond acceptors (Lipinski definition) is 5. The van der Waals surface area contributed by atoms with Gasteiger partial charge in [0, 0.05) is 19.1 Å². The quantitative estimate of drug-likeness (QED) is 0.819. The van der Waals surface area contributed by atoms with Crippen molar-refractivity contribution in [2.75, 3.05) is 25.0 Å². The maximum atomic E-state index is 12.6. The van der Waals surface area contributed by atoms with Crippen LogP contribution in [0, 0.1) is 0 Å². The van der Waals surface area contributed by atoms with Crippen LogP contribution in [0.5, 0.6) is 0 Å². The van der Waals surface area contributed by atoms with E-state index in [2.05, 4.69) is 15.3 Å². The molecule has 0 atom stereocenters. The van der Waals surface area contributed by atoms with Gasteiger partial charge in [-0.25, -0.2) is 4.98 Å². The Labute approximate surface area is 119 Å². The van der Waals surface area contributed by atoms with E-state index in [1.165, 1.54) is 6.20 Å². The Morgan fingerprint density at radius 1 is 1.45 bits per heavy atom. The molecular weight excluding hydrogens is 256 g/mol. The molecule has 0 aliphatic heterocycles. The zero-order chi connectivity index (χ0) is 14.4. The fourth-order valence-electron chi connectivity index (χ4n) is 2.66. The Kier molecular flexibility index (Phi) is 5.29. The predicted octanol–water partition coefficient (Wildman–Crippen LogP) is 1.29. The van der Waals surface area contributed by atoms with E-state index in [0.29, 0.717) is 18.1 Å². The zero-order valence-corrected chi connectivity index (χ0v) is 11.9. The molecule has 2 N–H and O–H groups in total. The van der Waals surface area contributed by atoms with E-state index in [9.17, 15) is 9.90 Å². The minimum Gasteiger partial charge on any atom is -0.395 e. The lowest BCUT2D eigenvalue weighted by atomic mass is 10.2. The number of carbonyl (C=O) groups is 1. The lowest BCUT2D eigenvalue weighted by molar-refractivity contribution is 0.0631. The monoisotopic (exact) mass is 278 g/mol. The van der Waals surface area contributed by atoms with Crippen LogP contribution in [-0.2, 0) is 0 Å². The van der Waals surface area contributed by atoms with Gasteiger partial charge in [-0.2, -0.15) is 0 Å². The number of anilines is 1. The molecule has 0 unspecified atom stereocenters. The van der Waals surface area contributed by atoms with Gasteiger partial charge in [0.05, 0.1) is 19.0 Å². The highest BCUT2D eigenvalue weighted by atomic mass is 16.3. The van der Waals surface area contributed by atoms with Crippen molar-refractivity contribution in [3.05, 3.63) is 18.1 Å². The van der Waals surface area contributed by atoms with Crippen molar-refractivity contribution in [1.82, 2.24) is 14.9 Å². The van der Waals surface area contributed by atoms with Gasteiger partial charge in [0.1, 0.15) is 11.5 Å². The molecule has 0 bridgehead atoms. The van der Waals surface area contributed by atoms with Gasteiger partial charge in [-0.05, 0) is 19.8 Å². The molecule has 0 aromatic carbocycles. The average molecular weight is 278 g/mol. The number of amides is 1. The Balaban J connectivity index is 2.15. The van der Waals surface area contributed by atoms with Gasteiger partial charge in [0.2, 0.25) is 0 Å². The first-order valence-corrected chi connectivity index (χ1v) is 7.24. The summed E-state index contributed by atoms with van der Waals surface area (Å²) in [5.41, 5.74) is 0.337. The van der Waals surface area contributed by atoms with Gasteiger partial charge >= 0.3 is 0 Å². The van der Waals surface area contributed by atoms with E-state index in [-0.39, 0.29) is 18.6 Å². The molecule has 1 aromatic rings. The SMILES string of the molecule is CCNc1cncc(C(=O)N(CCO)C2CCCC2)n1. The van der Waals surface area contributed by atoms with Crippen molar-refractivity contribution in [3.8, 4) is 0 Å². The van der Waals surface area contributed by atoms with Crippen LogP contribution in [0.4, 0.5) is 5.82 Å². The van der Waals surface area contributed by atoms with Crippen molar-refractivity contribution >= 4 is 11.7 Å². The minimum absolute atomic E-state index is 0.0252. The molecule has 1 amide bonds. The number of nitrogens with one attached hydrogen (secondary N) is 1. The van der Waals surface area contributed by atoms with Gasteiger partial charge in [-0.15, -0.1) is 0 Å². The number of aromatic nitrogens is 2. The summed E-state index contributed by atoms with van der Waals surface area (Å²) in [7, 11) is 0. The molecule has 1 saturated carbocycles. The average Bonchev–Trinajstić information content (AvgIpc) is 2.98. The maximum Gasteiger partial charge on any atom is 0.274 e. The molecule has 1 aliphatic carbocycles. The number of nitrogens with zero attached hydrogens (tertiary/aromatic N) is 3. The molecular formula is C14H22N4O2. The highest BCUT2D eigenvalue weighted by Crippen LogP contribution is 2.24. The van der Waals surface area contributed by atoms with E-state index >= 15 is 0 Å². The summed E-state index contributed by atoms with van der Waals surface area (Å²) in [6.07, 6.45) is 7.39. The van der Waals surface area contributed by atoms with Gasteiger partial charge in [0.15, 0.2) is 0 Å². The number of aliphatic hydroxyl groups excluding tert-OH is 1. The Morgan fingerprint density at radius 3 is 2.85 bits per heavy atom. The largest absolute Gasteiger partial charge is 0.395 e. The smallest absolute Gasteiger partial charge is 0.274 e. The number of aliphatic hydroxyl groups is 1. The third-order valence-electron chi connectivity index (χ3n) is 3.58. The van der Waals surface area contributed by atoms with E-state index < -0.39 is 0 Å². The first kappa shape index (κ1) is 14.7. The van der Waals surface area contributed by atoms with Gasteiger partial charge < -0.3 is 15.3 Å². The summed E-state index contributed by atoms with van der Waals surface area (Å²) in [5, 5.41) is 12.2. The normalized spacial score (nSPS) is 15.3. The van der Waals surface area contributed by atoms with Gasteiger partial charge in [-0.1, -0.05) is 12.8 Å². The standard InChI is InChI=1S/C14H22N4O2/c1-2-16-13-10-15-9-12(17-13)14(20)18(7-8-19)11-5-3-4-6-11/h9-11,19H,2-8H2,1H3,(H,16,17). The van der Waals surface area contributed by atoms with E-state index in [4.69, 9.17) is 0 Å². The van der Waals surface area contributed by atoms with Gasteiger partial charge in [0.25, 0.3) is 5.91 Å². The van der Waals surface area contributed by atoms with Crippen LogP contribution in [-0.4, -0.2) is 51.6 Å². The van der Waals surface area contributed by atoms with Crippen LogP contribution in [0.3, 0.4) is 0 Å². The van der Waals surface area contributed by atoms with Crippen LogP contribution in [0.2, 0.25) is 0 Å². The lowest BCUT2D eigenvalue weighted by Crippen LogP contribution is -2.41. The van der Waals surface area contributed by atoms with Crippen LogP contribution in [0.25, 0.3) is 0 Å². The molecule has 110 valence electrons. The Morgan fingerprint density at radius 2 is 2.20 bits per heavy atom. The van der Waals surface area contributed by atoms with Crippen molar-refractivity contribution in [1.29, 1.82) is 0 Å². The number of rotatable bonds is 6. The molecule has 20 heavy (non-hydrogen) atoms. The van der Waals surface area contributed by atoms with E-state index in [0.717, 1.165) is 32.2 Å². The predicted molar refractivity (Wildman–Crippen MR) is 76.6 cm³/mol. The second-order valence-corrected chi connectivity index (χ2v) is 4.98. The fraction of sp³-hybridized carbons (Fsp3) is 0.643. The van der Waals surface area contributed by atoms with Gasteiger partial charge in [-0.3, -0.25) is 9.78 Å². The summed E-state index contributed by atoms with van der Waals surface area (Å²) < 4.78 is 0. The van der Waals surface area contributed by atoms with E-state index in [1.807, 2.05) is 6.92 Å². The van der Waals surface area contributed by atoms with Crippen molar-refractivity contribution in [2.24, 2.45) is 0 Å². The third kappa shape index (κ3) is 3.45. The zero-order valence-electron chi connectivity index (χ0n) is 11.9. The molecule has 1 aliphatic rings. The minimum atomic E-state index is -0.141. The summed E-state index contributed by atoms with van der Waals surface area (Å²) >= 11 is 0. The van der Waals surface area contributed by atoms with Crippen molar-refractivity contribution < 1.29 is 9.90 Å². The third-order valence-corrected chi connectivity index (χ3v) is 3.58. The second-order valence-electron chi connectivity index (χ2n) is 4.98. The number of hydrogen-bond donors (Lipinski definition) is 2. The lowest BCUT2D eigenvalue weighted by Gasteiger charge is -2.28. The molecule has 6 nitrogen and oxygen atoms in total. The van der Waals surface area contributed by atoms with Crippen LogP contribution in [0.1, 0.15) is 43.1 Å². The maximum absolute atomic E-state index is 12.6. The molecule has 1 aromatic heterocycles. The first-order valence-electron chi connectivity index (χ1n) is 7.24. The summed E-state index contributed by atoms with van der Waals surface area (Å²) in [5.74, 6) is 0.465. The van der Waals surface area contributed by atoms with Crippen LogP contribution >= 0.6 is 0 Å². The Hall–Kier alpha value is -1.69. The molecule has 0 spiro atoms. The first-order chi connectivity index (χ1) is 9.76. The topological polar surface area (TPSA) is 78.4 Å². The molecule has 2 rings (SSSR count). The van der Waals surface area contributed by atoms with Crippen molar-refractivity contribution in [3.63, 3.8) is 0 Å². The van der Waals surface area contributed by atoms with Crippen molar-refractivity contribution in [2.45, 2.75) is 38.6 Å². The van der Waals surface area contributed by atoms with Crippen LogP contribution < -0.4 is 5.32 Å².